The number of ether oxygens (including phenoxy) is 1. The predicted octanol–water partition coefficient (Wildman–Crippen LogP) is 1.38. The number of benzene rings is 1. The van der Waals surface area contributed by atoms with Gasteiger partial charge < -0.3 is 10.5 Å². The van der Waals surface area contributed by atoms with Gasteiger partial charge in [-0.25, -0.2) is 0 Å². The molecule has 0 aliphatic rings. The highest BCUT2D eigenvalue weighted by molar-refractivity contribution is 7.92. The average molecular weight is 310 g/mol. The summed E-state index contributed by atoms with van der Waals surface area (Å²) >= 11 is 0. The van der Waals surface area contributed by atoms with Crippen molar-refractivity contribution in [3.05, 3.63) is 35.5 Å². The van der Waals surface area contributed by atoms with E-state index in [-0.39, 0.29) is 11.6 Å². The molecule has 0 saturated carbocycles. The van der Waals surface area contributed by atoms with Crippen LogP contribution in [0.4, 0.5) is 5.69 Å². The van der Waals surface area contributed by atoms with Gasteiger partial charge in [0.05, 0.1) is 12.3 Å². The standard InChI is InChI=1S/C13H18N4O3S/c1-3-20-11-6-4-5-10(7-11)17-21(18,19)13-12(8-14)9(2)15-16-13/h4-7,17H,3,8,14H2,1-2H3,(H,15,16). The topological polar surface area (TPSA) is 110 Å². The number of nitrogens with two attached hydrogens (primary N) is 1. The van der Waals surface area contributed by atoms with Crippen molar-refractivity contribution in [2.75, 3.05) is 11.3 Å². The zero-order valence-corrected chi connectivity index (χ0v) is 12.7. The van der Waals surface area contributed by atoms with E-state index in [1.165, 1.54) is 0 Å². The van der Waals surface area contributed by atoms with Gasteiger partial charge in [0.2, 0.25) is 5.03 Å². The molecule has 0 unspecified atom stereocenters. The van der Waals surface area contributed by atoms with Crippen LogP contribution in [0.15, 0.2) is 29.3 Å². The fraction of sp³-hybridized carbons (Fsp3) is 0.308. The maximum Gasteiger partial charge on any atom is 0.281 e. The van der Waals surface area contributed by atoms with Crippen LogP contribution in [0.25, 0.3) is 0 Å². The summed E-state index contributed by atoms with van der Waals surface area (Å²) in [6.45, 7) is 4.18. The SMILES string of the molecule is CCOc1cccc(NS(=O)(=O)c2n[nH]c(C)c2CN)c1. The second-order valence-corrected chi connectivity index (χ2v) is 6.00. The number of anilines is 1. The molecule has 1 heterocycles. The lowest BCUT2D eigenvalue weighted by Gasteiger charge is -2.09. The molecule has 0 fully saturated rings. The van der Waals surface area contributed by atoms with Crippen LogP contribution in [0.3, 0.4) is 0 Å². The predicted molar refractivity (Wildman–Crippen MR) is 79.6 cm³/mol. The molecule has 0 atom stereocenters. The summed E-state index contributed by atoms with van der Waals surface area (Å²) in [5.41, 5.74) is 7.10. The fourth-order valence-corrected chi connectivity index (χ4v) is 3.17. The number of aryl methyl sites for hydroxylation is 1. The first kappa shape index (κ1) is 15.3. The van der Waals surface area contributed by atoms with Gasteiger partial charge in [0.25, 0.3) is 10.0 Å². The molecule has 0 aliphatic carbocycles. The summed E-state index contributed by atoms with van der Waals surface area (Å²) in [7, 11) is -3.79. The lowest BCUT2D eigenvalue weighted by atomic mass is 10.3. The zero-order valence-electron chi connectivity index (χ0n) is 11.9. The molecule has 0 amide bonds. The molecule has 4 N–H and O–H groups in total. The van der Waals surface area contributed by atoms with Crippen LogP contribution in [0.5, 0.6) is 5.75 Å². The van der Waals surface area contributed by atoms with E-state index in [9.17, 15) is 8.42 Å². The number of aromatic amines is 1. The number of aromatic nitrogens is 2. The highest BCUT2D eigenvalue weighted by atomic mass is 32.2. The number of H-pyrrole nitrogens is 1. The van der Waals surface area contributed by atoms with E-state index in [2.05, 4.69) is 14.9 Å². The molecule has 0 bridgehead atoms. The number of nitrogens with one attached hydrogen (secondary N) is 2. The van der Waals surface area contributed by atoms with Crippen molar-refractivity contribution in [1.29, 1.82) is 0 Å². The van der Waals surface area contributed by atoms with E-state index in [0.717, 1.165) is 0 Å². The van der Waals surface area contributed by atoms with Gasteiger partial charge in [-0.3, -0.25) is 9.82 Å². The Morgan fingerprint density at radius 2 is 2.19 bits per heavy atom. The monoisotopic (exact) mass is 310 g/mol. The van der Waals surface area contributed by atoms with Gasteiger partial charge >= 0.3 is 0 Å². The Kier molecular flexibility index (Phi) is 4.49. The van der Waals surface area contributed by atoms with Gasteiger partial charge in [0.1, 0.15) is 5.75 Å². The molecule has 0 aliphatic heterocycles. The van der Waals surface area contributed by atoms with Gasteiger partial charge in [-0.2, -0.15) is 13.5 Å². The number of sulfonamides is 1. The minimum atomic E-state index is -3.79. The van der Waals surface area contributed by atoms with Crippen LogP contribution in [0.1, 0.15) is 18.2 Å². The van der Waals surface area contributed by atoms with E-state index < -0.39 is 10.0 Å². The molecule has 0 spiro atoms. The minimum absolute atomic E-state index is 0.0793. The lowest BCUT2D eigenvalue weighted by molar-refractivity contribution is 0.340. The molecule has 114 valence electrons. The first-order valence-corrected chi connectivity index (χ1v) is 7.96. The van der Waals surface area contributed by atoms with E-state index in [0.29, 0.717) is 29.3 Å². The molecule has 21 heavy (non-hydrogen) atoms. The second kappa shape index (κ2) is 6.15. The van der Waals surface area contributed by atoms with Crippen molar-refractivity contribution in [2.45, 2.75) is 25.4 Å². The Morgan fingerprint density at radius 3 is 2.86 bits per heavy atom. The Balaban J connectivity index is 2.31. The summed E-state index contributed by atoms with van der Waals surface area (Å²) < 4.78 is 32.6. The van der Waals surface area contributed by atoms with E-state index >= 15 is 0 Å². The lowest BCUT2D eigenvalue weighted by Crippen LogP contribution is -2.16. The normalized spacial score (nSPS) is 11.4. The van der Waals surface area contributed by atoms with Crippen molar-refractivity contribution in [3.8, 4) is 5.75 Å². The van der Waals surface area contributed by atoms with E-state index in [1.54, 1.807) is 31.2 Å². The number of rotatable bonds is 6. The maximum absolute atomic E-state index is 12.4. The molecule has 2 aromatic rings. The van der Waals surface area contributed by atoms with Gasteiger partial charge in [-0.1, -0.05) is 6.07 Å². The Morgan fingerprint density at radius 1 is 1.43 bits per heavy atom. The highest BCUT2D eigenvalue weighted by Crippen LogP contribution is 2.22. The minimum Gasteiger partial charge on any atom is -0.494 e. The summed E-state index contributed by atoms with van der Waals surface area (Å²) in [5, 5.41) is 6.38. The molecule has 7 nitrogen and oxygen atoms in total. The number of nitrogens with zero attached hydrogens (tertiary/aromatic N) is 1. The summed E-state index contributed by atoms with van der Waals surface area (Å²) in [6.07, 6.45) is 0. The Hall–Kier alpha value is -2.06. The fourth-order valence-electron chi connectivity index (χ4n) is 1.91. The first-order valence-electron chi connectivity index (χ1n) is 6.47. The van der Waals surface area contributed by atoms with Crippen LogP contribution >= 0.6 is 0 Å². The molecule has 8 heteroatoms. The molecule has 1 aromatic heterocycles. The summed E-state index contributed by atoms with van der Waals surface area (Å²) in [4.78, 5) is 0. The Bertz CT molecular complexity index is 725. The molecular formula is C13H18N4O3S. The van der Waals surface area contributed by atoms with Crippen molar-refractivity contribution in [2.24, 2.45) is 5.73 Å². The van der Waals surface area contributed by atoms with Gasteiger partial charge in [0.15, 0.2) is 0 Å². The number of hydrogen-bond acceptors (Lipinski definition) is 5. The molecule has 0 saturated heterocycles. The van der Waals surface area contributed by atoms with Crippen LogP contribution in [0.2, 0.25) is 0 Å². The molecule has 2 rings (SSSR count). The summed E-state index contributed by atoms with van der Waals surface area (Å²) in [5.74, 6) is 0.593. The van der Waals surface area contributed by atoms with Gasteiger partial charge in [-0.15, -0.1) is 0 Å². The average Bonchev–Trinajstić information content (AvgIpc) is 2.81. The molecule has 1 aromatic carbocycles. The van der Waals surface area contributed by atoms with Crippen LogP contribution in [-0.2, 0) is 16.6 Å². The smallest absolute Gasteiger partial charge is 0.281 e. The molecule has 0 radical (unpaired) electrons. The third-order valence-electron chi connectivity index (χ3n) is 2.89. The summed E-state index contributed by atoms with van der Waals surface area (Å²) in [6, 6.07) is 6.72. The highest BCUT2D eigenvalue weighted by Gasteiger charge is 2.23. The van der Waals surface area contributed by atoms with Crippen LogP contribution in [0, 0.1) is 6.92 Å². The number of hydrogen-bond donors (Lipinski definition) is 3. The largest absolute Gasteiger partial charge is 0.494 e. The molecular weight excluding hydrogens is 292 g/mol. The van der Waals surface area contributed by atoms with Gasteiger partial charge in [0, 0.05) is 23.9 Å². The van der Waals surface area contributed by atoms with Crippen molar-refractivity contribution in [1.82, 2.24) is 10.2 Å². The third kappa shape index (κ3) is 3.34. The first-order chi connectivity index (χ1) is 9.97. The third-order valence-corrected chi connectivity index (χ3v) is 4.24. The van der Waals surface area contributed by atoms with E-state index in [1.807, 2.05) is 6.92 Å². The van der Waals surface area contributed by atoms with Crippen LogP contribution in [-0.4, -0.2) is 25.2 Å². The maximum atomic E-state index is 12.4. The van der Waals surface area contributed by atoms with E-state index in [4.69, 9.17) is 10.5 Å². The second-order valence-electron chi connectivity index (χ2n) is 4.40. The quantitative estimate of drug-likeness (QED) is 0.746. The van der Waals surface area contributed by atoms with Gasteiger partial charge in [-0.05, 0) is 26.0 Å². The van der Waals surface area contributed by atoms with Crippen molar-refractivity contribution >= 4 is 15.7 Å². The van der Waals surface area contributed by atoms with Crippen molar-refractivity contribution in [3.63, 3.8) is 0 Å². The Labute approximate surface area is 123 Å². The van der Waals surface area contributed by atoms with Crippen LogP contribution < -0.4 is 15.2 Å². The zero-order chi connectivity index (χ0) is 15.5. The van der Waals surface area contributed by atoms with Crippen molar-refractivity contribution < 1.29 is 13.2 Å².